The van der Waals surface area contributed by atoms with Gasteiger partial charge in [-0.2, -0.15) is 0 Å². The van der Waals surface area contributed by atoms with E-state index in [4.69, 9.17) is 4.74 Å². The van der Waals surface area contributed by atoms with Crippen molar-refractivity contribution in [3.05, 3.63) is 59.7 Å². The van der Waals surface area contributed by atoms with Crippen molar-refractivity contribution in [2.75, 3.05) is 38.2 Å². The third-order valence-corrected chi connectivity index (χ3v) is 5.04. The van der Waals surface area contributed by atoms with E-state index >= 15 is 0 Å². The Balaban J connectivity index is 1.52. The summed E-state index contributed by atoms with van der Waals surface area (Å²) in [6.45, 7) is 5.79. The van der Waals surface area contributed by atoms with Crippen LogP contribution in [0, 0.1) is 17.6 Å². The maximum atomic E-state index is 13.5. The van der Waals surface area contributed by atoms with Crippen molar-refractivity contribution in [2.45, 2.75) is 19.9 Å². The highest BCUT2D eigenvalue weighted by Crippen LogP contribution is 2.25. The molecule has 7 heteroatoms. The first-order valence-corrected chi connectivity index (χ1v) is 9.94. The summed E-state index contributed by atoms with van der Waals surface area (Å²) in [5.41, 5.74) is 1.83. The van der Waals surface area contributed by atoms with Crippen molar-refractivity contribution < 1.29 is 13.5 Å². The summed E-state index contributed by atoms with van der Waals surface area (Å²) < 4.78 is 31.8. The number of aliphatic imine (C=N–C) groups is 1. The first kappa shape index (κ1) is 20.9. The molecule has 5 nitrogen and oxygen atoms in total. The molecule has 0 aromatic heterocycles. The van der Waals surface area contributed by atoms with Crippen LogP contribution in [0.5, 0.6) is 5.75 Å². The van der Waals surface area contributed by atoms with E-state index in [1.54, 1.807) is 13.2 Å². The van der Waals surface area contributed by atoms with E-state index in [2.05, 4.69) is 20.5 Å². The third-order valence-electron chi connectivity index (χ3n) is 5.04. The van der Waals surface area contributed by atoms with E-state index < -0.39 is 11.6 Å². The lowest BCUT2D eigenvalue weighted by Gasteiger charge is -2.19. The van der Waals surface area contributed by atoms with Crippen LogP contribution in [0.4, 0.5) is 14.5 Å². The van der Waals surface area contributed by atoms with Gasteiger partial charge in [0.2, 0.25) is 0 Å². The lowest BCUT2D eigenvalue weighted by molar-refractivity contribution is 0.414. The maximum absolute atomic E-state index is 13.5. The Morgan fingerprint density at radius 3 is 2.62 bits per heavy atom. The number of ether oxygens (including phenoxy) is 1. The van der Waals surface area contributed by atoms with Crippen LogP contribution >= 0.6 is 0 Å². The van der Waals surface area contributed by atoms with Crippen LogP contribution in [-0.4, -0.2) is 39.2 Å². The van der Waals surface area contributed by atoms with Gasteiger partial charge in [-0.3, -0.25) is 0 Å². The van der Waals surface area contributed by atoms with Gasteiger partial charge in [0, 0.05) is 37.9 Å². The van der Waals surface area contributed by atoms with Gasteiger partial charge < -0.3 is 20.3 Å². The topological polar surface area (TPSA) is 48.9 Å². The van der Waals surface area contributed by atoms with E-state index in [1.165, 1.54) is 12.1 Å². The third kappa shape index (κ3) is 5.82. The number of halogens is 2. The van der Waals surface area contributed by atoms with Crippen LogP contribution in [-0.2, 0) is 6.54 Å². The molecule has 1 fully saturated rings. The molecule has 0 saturated carbocycles. The summed E-state index contributed by atoms with van der Waals surface area (Å²) in [7, 11) is 1.65. The Morgan fingerprint density at radius 1 is 1.14 bits per heavy atom. The lowest BCUT2D eigenvalue weighted by Crippen LogP contribution is -2.40. The zero-order valence-electron chi connectivity index (χ0n) is 16.9. The van der Waals surface area contributed by atoms with Gasteiger partial charge in [-0.25, -0.2) is 13.8 Å². The van der Waals surface area contributed by atoms with Crippen molar-refractivity contribution in [3.63, 3.8) is 0 Å². The first-order valence-electron chi connectivity index (χ1n) is 9.94. The number of methoxy groups -OCH3 is 1. The fourth-order valence-electron chi connectivity index (χ4n) is 3.40. The minimum atomic E-state index is -0.811. The van der Waals surface area contributed by atoms with Gasteiger partial charge in [0.15, 0.2) is 17.6 Å². The lowest BCUT2D eigenvalue weighted by atomic mass is 10.1. The molecule has 0 amide bonds. The Kier molecular flexibility index (Phi) is 7.27. The van der Waals surface area contributed by atoms with Gasteiger partial charge in [-0.05, 0) is 49.1 Å². The van der Waals surface area contributed by atoms with Crippen molar-refractivity contribution in [2.24, 2.45) is 10.9 Å². The van der Waals surface area contributed by atoms with E-state index in [9.17, 15) is 8.78 Å². The molecule has 0 radical (unpaired) electrons. The van der Waals surface area contributed by atoms with Crippen molar-refractivity contribution in [1.29, 1.82) is 0 Å². The molecule has 3 rings (SSSR count). The predicted octanol–water partition coefficient (Wildman–Crippen LogP) is 3.56. The first-order chi connectivity index (χ1) is 14.1. The Labute approximate surface area is 170 Å². The summed E-state index contributed by atoms with van der Waals surface area (Å²) in [4.78, 5) is 6.74. The van der Waals surface area contributed by atoms with Gasteiger partial charge in [-0.15, -0.1) is 0 Å². The number of benzene rings is 2. The van der Waals surface area contributed by atoms with Crippen LogP contribution in [0.2, 0.25) is 0 Å². The molecule has 1 aliphatic rings. The molecule has 1 unspecified atom stereocenters. The number of nitrogens with one attached hydrogen (secondary N) is 2. The quantitative estimate of drug-likeness (QED) is 0.549. The summed E-state index contributed by atoms with van der Waals surface area (Å²) in [6, 6.07) is 11.9. The van der Waals surface area contributed by atoms with E-state index in [0.717, 1.165) is 55.6 Å². The van der Waals surface area contributed by atoms with Crippen LogP contribution in [0.3, 0.4) is 0 Å². The molecule has 1 saturated heterocycles. The van der Waals surface area contributed by atoms with Gasteiger partial charge in [0.25, 0.3) is 0 Å². The molecule has 2 aromatic rings. The molecule has 1 atom stereocenters. The normalized spacial score (nSPS) is 16.8. The highest BCUT2D eigenvalue weighted by molar-refractivity contribution is 5.79. The highest BCUT2D eigenvalue weighted by atomic mass is 19.2. The summed E-state index contributed by atoms with van der Waals surface area (Å²) in [6.07, 6.45) is 0.990. The number of anilines is 1. The second-order valence-electron chi connectivity index (χ2n) is 7.12. The minimum Gasteiger partial charge on any atom is -0.497 e. The second-order valence-corrected chi connectivity index (χ2v) is 7.12. The second kappa shape index (κ2) is 10.1. The molecule has 0 spiro atoms. The number of hydrogen-bond donors (Lipinski definition) is 2. The summed E-state index contributed by atoms with van der Waals surface area (Å²) in [5.74, 6) is 0.399. The minimum absolute atomic E-state index is 0.410. The fourth-order valence-corrected chi connectivity index (χ4v) is 3.40. The zero-order chi connectivity index (χ0) is 20.6. The molecule has 156 valence electrons. The van der Waals surface area contributed by atoms with Crippen molar-refractivity contribution in [3.8, 4) is 5.75 Å². The van der Waals surface area contributed by atoms with Crippen LogP contribution < -0.4 is 20.3 Å². The number of hydrogen-bond acceptors (Lipinski definition) is 3. The molecule has 1 aliphatic heterocycles. The van der Waals surface area contributed by atoms with E-state index in [0.29, 0.717) is 12.5 Å². The Morgan fingerprint density at radius 2 is 1.93 bits per heavy atom. The monoisotopic (exact) mass is 402 g/mol. The molecule has 0 bridgehead atoms. The Hall–Kier alpha value is -2.83. The van der Waals surface area contributed by atoms with E-state index in [-0.39, 0.29) is 0 Å². The molecular formula is C22H28F2N4O. The van der Waals surface area contributed by atoms with Gasteiger partial charge in [0.1, 0.15) is 5.75 Å². The van der Waals surface area contributed by atoms with Crippen LogP contribution in [0.25, 0.3) is 0 Å². The predicted molar refractivity (Wildman–Crippen MR) is 112 cm³/mol. The Bertz CT molecular complexity index is 826. The average Bonchev–Trinajstić information content (AvgIpc) is 3.21. The number of rotatable bonds is 7. The highest BCUT2D eigenvalue weighted by Gasteiger charge is 2.23. The standard InChI is InChI=1S/C22H28F2N4O/c1-3-25-22(26-13-16-4-7-19(29-2)8-5-16)27-14-17-10-11-28(15-17)18-6-9-20(23)21(24)12-18/h4-9,12,17H,3,10-11,13-15H2,1-2H3,(H2,25,26,27). The molecular weight excluding hydrogens is 374 g/mol. The van der Waals surface area contributed by atoms with Crippen molar-refractivity contribution >= 4 is 11.6 Å². The summed E-state index contributed by atoms with van der Waals surface area (Å²) in [5, 5.41) is 6.67. The van der Waals surface area contributed by atoms with Gasteiger partial charge >= 0.3 is 0 Å². The number of nitrogens with zero attached hydrogens (tertiary/aromatic N) is 2. The largest absolute Gasteiger partial charge is 0.497 e. The van der Waals surface area contributed by atoms with Crippen molar-refractivity contribution in [1.82, 2.24) is 10.6 Å². The van der Waals surface area contributed by atoms with Crippen LogP contribution in [0.15, 0.2) is 47.5 Å². The molecule has 0 aliphatic carbocycles. The van der Waals surface area contributed by atoms with Crippen LogP contribution in [0.1, 0.15) is 18.9 Å². The molecule has 2 N–H and O–H groups in total. The fraction of sp³-hybridized carbons (Fsp3) is 0.409. The molecule has 1 heterocycles. The smallest absolute Gasteiger partial charge is 0.191 e. The number of guanidine groups is 1. The SMILES string of the molecule is CCNC(=NCc1ccc(OC)cc1)NCC1CCN(c2ccc(F)c(F)c2)C1. The molecule has 2 aromatic carbocycles. The van der Waals surface area contributed by atoms with Gasteiger partial charge in [-0.1, -0.05) is 12.1 Å². The molecule has 29 heavy (non-hydrogen) atoms. The summed E-state index contributed by atoms with van der Waals surface area (Å²) >= 11 is 0. The van der Waals surface area contributed by atoms with Gasteiger partial charge in [0.05, 0.1) is 13.7 Å². The average molecular weight is 402 g/mol. The van der Waals surface area contributed by atoms with E-state index in [1.807, 2.05) is 31.2 Å². The maximum Gasteiger partial charge on any atom is 0.191 e. The zero-order valence-corrected chi connectivity index (χ0v) is 16.9.